The number of aromatic nitrogens is 2. The van der Waals surface area contributed by atoms with Gasteiger partial charge in [-0.15, -0.1) is 11.3 Å². The maximum atomic E-state index is 13.0. The quantitative estimate of drug-likeness (QED) is 0.722. The molecule has 2 amide bonds. The third kappa shape index (κ3) is 4.49. The van der Waals surface area contributed by atoms with E-state index in [2.05, 4.69) is 9.88 Å². The molecule has 2 aliphatic heterocycles. The molecule has 1 atom stereocenters. The summed E-state index contributed by atoms with van der Waals surface area (Å²) in [5, 5.41) is 1.85. The fourth-order valence-corrected chi connectivity index (χ4v) is 4.88. The summed E-state index contributed by atoms with van der Waals surface area (Å²) >= 11 is 1.45. The lowest BCUT2D eigenvalue weighted by Crippen LogP contribution is -2.52. The van der Waals surface area contributed by atoms with Crippen LogP contribution < -0.4 is 5.56 Å². The number of rotatable bonds is 4. The van der Waals surface area contributed by atoms with Crippen LogP contribution >= 0.6 is 11.3 Å². The van der Waals surface area contributed by atoms with Crippen molar-refractivity contribution in [2.24, 2.45) is 5.92 Å². The smallest absolute Gasteiger partial charge is 0.409 e. The largest absolute Gasteiger partial charge is 0.450 e. The predicted octanol–water partition coefficient (Wildman–Crippen LogP) is 1.27. The van der Waals surface area contributed by atoms with Crippen molar-refractivity contribution in [3.8, 4) is 0 Å². The Morgan fingerprint density at radius 1 is 1.20 bits per heavy atom. The Hall–Kier alpha value is -2.46. The molecule has 4 rings (SSSR count). The van der Waals surface area contributed by atoms with Crippen molar-refractivity contribution in [1.82, 2.24) is 24.1 Å². The molecule has 2 aliphatic rings. The zero-order valence-electron chi connectivity index (χ0n) is 17.2. The zero-order chi connectivity index (χ0) is 21.1. The summed E-state index contributed by atoms with van der Waals surface area (Å²) in [6.45, 7) is 6.60. The topological polar surface area (TPSA) is 87.5 Å². The molecule has 0 spiro atoms. The van der Waals surface area contributed by atoms with Crippen LogP contribution in [0.15, 0.2) is 22.4 Å². The second kappa shape index (κ2) is 9.13. The first kappa shape index (κ1) is 20.8. The standard InChI is InChI=1S/C20H27N5O4S/c1-2-29-20(28)24-5-3-4-15(13-24)18(27)23-8-6-22(7-9-23)14-16-12-17(26)25-10-11-30-19(25)21-16/h10-12,15H,2-9,13-14H2,1H3. The molecule has 0 aromatic carbocycles. The number of amides is 2. The van der Waals surface area contributed by atoms with E-state index in [-0.39, 0.29) is 23.5 Å². The Kier molecular flexibility index (Phi) is 6.33. The van der Waals surface area contributed by atoms with Gasteiger partial charge in [0.1, 0.15) is 0 Å². The molecule has 0 saturated carbocycles. The number of ether oxygens (including phenoxy) is 1. The average Bonchev–Trinajstić information content (AvgIpc) is 3.23. The van der Waals surface area contributed by atoms with Crippen LogP contribution in [0.2, 0.25) is 0 Å². The van der Waals surface area contributed by atoms with Gasteiger partial charge in [0.25, 0.3) is 5.56 Å². The van der Waals surface area contributed by atoms with Crippen molar-refractivity contribution in [2.45, 2.75) is 26.3 Å². The second-order valence-electron chi connectivity index (χ2n) is 7.73. The van der Waals surface area contributed by atoms with E-state index in [1.807, 2.05) is 10.3 Å². The Morgan fingerprint density at radius 2 is 2.00 bits per heavy atom. The molecule has 0 aliphatic carbocycles. The van der Waals surface area contributed by atoms with Crippen molar-refractivity contribution in [3.63, 3.8) is 0 Å². The maximum absolute atomic E-state index is 13.0. The van der Waals surface area contributed by atoms with Gasteiger partial charge in [-0.1, -0.05) is 0 Å². The van der Waals surface area contributed by atoms with E-state index in [1.165, 1.54) is 11.3 Å². The Morgan fingerprint density at radius 3 is 2.77 bits per heavy atom. The number of piperidine rings is 1. The third-order valence-corrected chi connectivity index (χ3v) is 6.48. The zero-order valence-corrected chi connectivity index (χ0v) is 18.0. The number of thiazole rings is 1. The summed E-state index contributed by atoms with van der Waals surface area (Å²) in [4.78, 5) is 48.2. The van der Waals surface area contributed by atoms with Gasteiger partial charge in [0.2, 0.25) is 5.91 Å². The number of hydrogen-bond acceptors (Lipinski definition) is 7. The van der Waals surface area contributed by atoms with Crippen molar-refractivity contribution >= 4 is 28.3 Å². The first-order valence-electron chi connectivity index (χ1n) is 10.4. The highest BCUT2D eigenvalue weighted by Crippen LogP contribution is 2.21. The lowest BCUT2D eigenvalue weighted by molar-refractivity contribution is -0.138. The van der Waals surface area contributed by atoms with E-state index in [9.17, 15) is 14.4 Å². The van der Waals surface area contributed by atoms with Crippen LogP contribution in [0, 0.1) is 5.92 Å². The first-order chi connectivity index (χ1) is 14.5. The molecule has 2 aromatic heterocycles. The summed E-state index contributed by atoms with van der Waals surface area (Å²) < 4.78 is 6.63. The monoisotopic (exact) mass is 433 g/mol. The van der Waals surface area contributed by atoms with Crippen molar-refractivity contribution in [3.05, 3.63) is 33.7 Å². The fraction of sp³-hybridized carbons (Fsp3) is 0.600. The van der Waals surface area contributed by atoms with Crippen LogP contribution in [0.3, 0.4) is 0 Å². The summed E-state index contributed by atoms with van der Waals surface area (Å²) in [6, 6.07) is 1.59. The molecule has 9 nitrogen and oxygen atoms in total. The molecule has 2 saturated heterocycles. The number of nitrogens with zero attached hydrogens (tertiary/aromatic N) is 5. The lowest BCUT2D eigenvalue weighted by Gasteiger charge is -2.38. The SMILES string of the molecule is CCOC(=O)N1CCCC(C(=O)N2CCN(Cc3cc(=O)n4ccsc4n3)CC2)C1. The third-order valence-electron chi connectivity index (χ3n) is 5.72. The molecule has 10 heteroatoms. The van der Waals surface area contributed by atoms with Gasteiger partial charge < -0.3 is 14.5 Å². The molecular weight excluding hydrogens is 406 g/mol. The molecule has 2 fully saturated rings. The van der Waals surface area contributed by atoms with Gasteiger partial charge in [-0.3, -0.25) is 18.9 Å². The number of hydrogen-bond donors (Lipinski definition) is 0. The normalized spacial score (nSPS) is 20.5. The van der Waals surface area contributed by atoms with Gasteiger partial charge in [-0.2, -0.15) is 0 Å². The number of fused-ring (bicyclic) bond motifs is 1. The average molecular weight is 434 g/mol. The summed E-state index contributed by atoms with van der Waals surface area (Å²) in [7, 11) is 0. The van der Waals surface area contributed by atoms with E-state index in [0.717, 1.165) is 31.6 Å². The minimum absolute atomic E-state index is 0.0616. The highest BCUT2D eigenvalue weighted by molar-refractivity contribution is 7.15. The molecule has 1 unspecified atom stereocenters. The van der Waals surface area contributed by atoms with Crippen molar-refractivity contribution in [2.75, 3.05) is 45.9 Å². The van der Waals surface area contributed by atoms with Crippen LogP contribution in [0.1, 0.15) is 25.5 Å². The number of carbonyl (C=O) groups is 2. The van der Waals surface area contributed by atoms with Crippen LogP contribution in [-0.2, 0) is 16.1 Å². The molecule has 0 bridgehead atoms. The van der Waals surface area contributed by atoms with Gasteiger partial charge in [0.15, 0.2) is 4.96 Å². The molecule has 0 radical (unpaired) electrons. The molecule has 0 N–H and O–H groups in total. The van der Waals surface area contributed by atoms with Gasteiger partial charge in [0.05, 0.1) is 18.2 Å². The van der Waals surface area contributed by atoms with E-state index < -0.39 is 0 Å². The van der Waals surface area contributed by atoms with Crippen LogP contribution in [0.5, 0.6) is 0 Å². The van der Waals surface area contributed by atoms with Crippen molar-refractivity contribution in [1.29, 1.82) is 0 Å². The predicted molar refractivity (Wildman–Crippen MR) is 113 cm³/mol. The second-order valence-corrected chi connectivity index (χ2v) is 8.60. The van der Waals surface area contributed by atoms with E-state index in [1.54, 1.807) is 28.5 Å². The molecule has 2 aromatic rings. The fourth-order valence-electron chi connectivity index (χ4n) is 4.14. The summed E-state index contributed by atoms with van der Waals surface area (Å²) in [6.07, 6.45) is 3.04. The van der Waals surface area contributed by atoms with Crippen LogP contribution in [-0.4, -0.2) is 82.0 Å². The van der Waals surface area contributed by atoms with Crippen LogP contribution in [0.4, 0.5) is 4.79 Å². The van der Waals surface area contributed by atoms with Gasteiger partial charge in [-0.05, 0) is 19.8 Å². The summed E-state index contributed by atoms with van der Waals surface area (Å²) in [5.74, 6) is -0.0299. The Bertz CT molecular complexity index is 966. The summed E-state index contributed by atoms with van der Waals surface area (Å²) in [5.41, 5.74) is 0.702. The number of piperazine rings is 1. The van der Waals surface area contributed by atoms with Gasteiger partial charge in [0, 0.05) is 63.5 Å². The van der Waals surface area contributed by atoms with Gasteiger partial charge >= 0.3 is 6.09 Å². The highest BCUT2D eigenvalue weighted by atomic mass is 32.1. The Labute approximate surface area is 178 Å². The first-order valence-corrected chi connectivity index (χ1v) is 11.3. The van der Waals surface area contributed by atoms with Gasteiger partial charge in [-0.25, -0.2) is 9.78 Å². The molecule has 4 heterocycles. The molecule has 30 heavy (non-hydrogen) atoms. The number of likely N-dealkylation sites (tertiary alicyclic amines) is 1. The van der Waals surface area contributed by atoms with Crippen molar-refractivity contribution < 1.29 is 14.3 Å². The lowest BCUT2D eigenvalue weighted by atomic mass is 9.96. The van der Waals surface area contributed by atoms with E-state index >= 15 is 0 Å². The van der Waals surface area contributed by atoms with E-state index in [4.69, 9.17) is 4.74 Å². The van der Waals surface area contributed by atoms with Crippen LogP contribution in [0.25, 0.3) is 4.96 Å². The molecular formula is C20H27N5O4S. The minimum atomic E-state index is -0.328. The Balaban J connectivity index is 1.31. The minimum Gasteiger partial charge on any atom is -0.450 e. The van der Waals surface area contributed by atoms with E-state index in [0.29, 0.717) is 44.3 Å². The number of carbonyl (C=O) groups excluding carboxylic acids is 2. The maximum Gasteiger partial charge on any atom is 0.409 e. The molecule has 162 valence electrons. The highest BCUT2D eigenvalue weighted by Gasteiger charge is 2.33.